The lowest BCUT2D eigenvalue weighted by atomic mass is 10.3. The van der Waals surface area contributed by atoms with Gasteiger partial charge in [0.05, 0.1) is 6.54 Å². The molecule has 1 aromatic carbocycles. The molecule has 0 fully saturated rings. The minimum Gasteiger partial charge on any atom is -0.505 e. The third-order valence-electron chi connectivity index (χ3n) is 2.04. The highest BCUT2D eigenvalue weighted by molar-refractivity contribution is 6.28. The normalized spacial score (nSPS) is 10.4. The van der Waals surface area contributed by atoms with E-state index in [1.54, 1.807) is 18.2 Å². The van der Waals surface area contributed by atoms with Crippen molar-refractivity contribution in [1.29, 1.82) is 0 Å². The summed E-state index contributed by atoms with van der Waals surface area (Å²) < 4.78 is 18.1. The van der Waals surface area contributed by atoms with E-state index in [0.29, 0.717) is 23.2 Å². The summed E-state index contributed by atoms with van der Waals surface area (Å²) in [5, 5.41) is 12.2. The highest BCUT2D eigenvalue weighted by Crippen LogP contribution is 2.20. The Labute approximate surface area is 96.5 Å². The Morgan fingerprint density at radius 3 is 2.75 bits per heavy atom. The number of phenols is 1. The molecule has 5 heteroatoms. The van der Waals surface area contributed by atoms with Crippen LogP contribution in [0.4, 0.5) is 10.1 Å². The monoisotopic (exact) mass is 241 g/mol. The molecule has 0 saturated carbocycles. The molecule has 2 rings (SSSR count). The molecule has 16 heavy (non-hydrogen) atoms. The van der Waals surface area contributed by atoms with Crippen LogP contribution < -0.4 is 5.32 Å². The number of hydrogen-bond acceptors (Lipinski definition) is 3. The SMILES string of the molecule is Oc1ccc(NCc2ccc(Cl)o2)cc1F. The van der Waals surface area contributed by atoms with Crippen LogP contribution in [0, 0.1) is 5.82 Å². The van der Waals surface area contributed by atoms with Crippen molar-refractivity contribution in [1.82, 2.24) is 0 Å². The van der Waals surface area contributed by atoms with E-state index in [1.807, 2.05) is 0 Å². The van der Waals surface area contributed by atoms with Gasteiger partial charge in [0.25, 0.3) is 0 Å². The summed E-state index contributed by atoms with van der Waals surface area (Å²) >= 11 is 5.60. The zero-order valence-corrected chi connectivity index (χ0v) is 8.96. The number of nitrogens with one attached hydrogen (secondary N) is 1. The first-order chi connectivity index (χ1) is 7.65. The minimum atomic E-state index is -0.664. The van der Waals surface area contributed by atoms with E-state index in [9.17, 15) is 4.39 Å². The van der Waals surface area contributed by atoms with Gasteiger partial charge in [-0.1, -0.05) is 0 Å². The van der Waals surface area contributed by atoms with Gasteiger partial charge in [-0.3, -0.25) is 0 Å². The minimum absolute atomic E-state index is 0.314. The van der Waals surface area contributed by atoms with Crippen molar-refractivity contribution in [3.63, 3.8) is 0 Å². The molecule has 2 aromatic rings. The van der Waals surface area contributed by atoms with Crippen molar-refractivity contribution in [2.75, 3.05) is 5.32 Å². The van der Waals surface area contributed by atoms with Crippen LogP contribution in [0.2, 0.25) is 5.22 Å². The second-order valence-corrected chi connectivity index (χ2v) is 3.60. The Morgan fingerprint density at radius 2 is 2.12 bits per heavy atom. The van der Waals surface area contributed by atoms with Crippen LogP contribution in [0.3, 0.4) is 0 Å². The standard InChI is InChI=1S/C11H9ClFNO2/c12-11-4-2-8(16-11)6-14-7-1-3-10(15)9(13)5-7/h1-5,14-15H,6H2. The number of anilines is 1. The van der Waals surface area contributed by atoms with Crippen molar-refractivity contribution in [2.45, 2.75) is 6.54 Å². The molecule has 0 aliphatic heterocycles. The first-order valence-corrected chi connectivity index (χ1v) is 4.99. The van der Waals surface area contributed by atoms with Crippen LogP contribution in [0.15, 0.2) is 34.7 Å². The van der Waals surface area contributed by atoms with E-state index >= 15 is 0 Å². The van der Waals surface area contributed by atoms with Crippen molar-refractivity contribution in [3.05, 3.63) is 47.1 Å². The fourth-order valence-electron chi connectivity index (χ4n) is 1.25. The van der Waals surface area contributed by atoms with Gasteiger partial charge in [-0.05, 0) is 35.9 Å². The van der Waals surface area contributed by atoms with Crippen LogP contribution in [0.25, 0.3) is 0 Å². The molecule has 0 aliphatic rings. The molecular formula is C11H9ClFNO2. The van der Waals surface area contributed by atoms with E-state index in [0.717, 1.165) is 0 Å². The average molecular weight is 242 g/mol. The summed E-state index contributed by atoms with van der Waals surface area (Å²) in [5.74, 6) is -0.382. The van der Waals surface area contributed by atoms with Gasteiger partial charge in [-0.2, -0.15) is 0 Å². The van der Waals surface area contributed by atoms with Gasteiger partial charge in [-0.15, -0.1) is 0 Å². The Hall–Kier alpha value is -1.68. The predicted octanol–water partition coefficient (Wildman–Crippen LogP) is 3.39. The summed E-state index contributed by atoms with van der Waals surface area (Å²) in [6.07, 6.45) is 0. The Kier molecular flexibility index (Phi) is 3.01. The van der Waals surface area contributed by atoms with Gasteiger partial charge in [0.2, 0.25) is 0 Å². The van der Waals surface area contributed by atoms with E-state index in [4.69, 9.17) is 21.1 Å². The van der Waals surface area contributed by atoms with Gasteiger partial charge >= 0.3 is 0 Å². The molecular weight excluding hydrogens is 233 g/mol. The maximum absolute atomic E-state index is 13.0. The Bertz CT molecular complexity index is 498. The van der Waals surface area contributed by atoms with Crippen molar-refractivity contribution >= 4 is 17.3 Å². The van der Waals surface area contributed by atoms with Crippen molar-refractivity contribution in [2.24, 2.45) is 0 Å². The van der Waals surface area contributed by atoms with Crippen LogP contribution in [-0.4, -0.2) is 5.11 Å². The third-order valence-corrected chi connectivity index (χ3v) is 2.25. The molecule has 1 heterocycles. The lowest BCUT2D eigenvalue weighted by molar-refractivity contribution is 0.432. The van der Waals surface area contributed by atoms with Crippen LogP contribution >= 0.6 is 11.6 Å². The molecule has 0 amide bonds. The summed E-state index contributed by atoms with van der Waals surface area (Å²) in [5.41, 5.74) is 0.558. The van der Waals surface area contributed by atoms with E-state index < -0.39 is 5.82 Å². The third kappa shape index (κ3) is 2.46. The molecule has 1 aromatic heterocycles. The molecule has 0 saturated heterocycles. The summed E-state index contributed by atoms with van der Waals surface area (Å²) in [6, 6.07) is 7.43. The number of furan rings is 1. The van der Waals surface area contributed by atoms with Gasteiger partial charge in [0.15, 0.2) is 16.8 Å². The molecule has 0 radical (unpaired) electrons. The fraction of sp³-hybridized carbons (Fsp3) is 0.0909. The summed E-state index contributed by atoms with van der Waals surface area (Å²) in [6.45, 7) is 0.400. The Morgan fingerprint density at radius 1 is 1.31 bits per heavy atom. The highest BCUT2D eigenvalue weighted by atomic mass is 35.5. The molecule has 0 atom stereocenters. The quantitative estimate of drug-likeness (QED) is 0.810. The van der Waals surface area contributed by atoms with Crippen molar-refractivity contribution in [3.8, 4) is 5.75 Å². The van der Waals surface area contributed by atoms with Crippen molar-refractivity contribution < 1.29 is 13.9 Å². The van der Waals surface area contributed by atoms with E-state index in [-0.39, 0.29) is 5.75 Å². The highest BCUT2D eigenvalue weighted by Gasteiger charge is 2.03. The van der Waals surface area contributed by atoms with E-state index in [1.165, 1.54) is 12.1 Å². The zero-order chi connectivity index (χ0) is 11.5. The first kappa shape index (κ1) is 10.8. The van der Waals surface area contributed by atoms with Gasteiger partial charge < -0.3 is 14.8 Å². The molecule has 3 nitrogen and oxygen atoms in total. The first-order valence-electron chi connectivity index (χ1n) is 4.62. The molecule has 0 bridgehead atoms. The molecule has 0 aliphatic carbocycles. The number of rotatable bonds is 3. The Balaban J connectivity index is 2.02. The fourth-order valence-corrected chi connectivity index (χ4v) is 1.41. The number of halogens is 2. The van der Waals surface area contributed by atoms with Crippen LogP contribution in [0.1, 0.15) is 5.76 Å². The number of benzene rings is 1. The number of phenolic OH excluding ortho intramolecular Hbond substituents is 1. The maximum atomic E-state index is 13.0. The van der Waals surface area contributed by atoms with Gasteiger partial charge in [0, 0.05) is 11.8 Å². The predicted molar refractivity (Wildman–Crippen MR) is 59.1 cm³/mol. The molecule has 84 valence electrons. The average Bonchev–Trinajstić information content (AvgIpc) is 2.66. The topological polar surface area (TPSA) is 45.4 Å². The lowest BCUT2D eigenvalue weighted by Gasteiger charge is -2.04. The largest absolute Gasteiger partial charge is 0.505 e. The van der Waals surface area contributed by atoms with E-state index in [2.05, 4.69) is 5.32 Å². The van der Waals surface area contributed by atoms with Gasteiger partial charge in [0.1, 0.15) is 5.76 Å². The smallest absolute Gasteiger partial charge is 0.193 e. The molecule has 0 spiro atoms. The van der Waals surface area contributed by atoms with Crippen LogP contribution in [0.5, 0.6) is 5.75 Å². The summed E-state index contributed by atoms with van der Waals surface area (Å²) in [4.78, 5) is 0. The van der Waals surface area contributed by atoms with Crippen LogP contribution in [-0.2, 0) is 6.54 Å². The zero-order valence-electron chi connectivity index (χ0n) is 8.21. The number of hydrogen-bond donors (Lipinski definition) is 2. The second kappa shape index (κ2) is 4.45. The maximum Gasteiger partial charge on any atom is 0.193 e. The molecule has 0 unspecified atom stereocenters. The van der Waals surface area contributed by atoms with Gasteiger partial charge in [-0.25, -0.2) is 4.39 Å². The summed E-state index contributed by atoms with van der Waals surface area (Å²) in [7, 11) is 0. The second-order valence-electron chi connectivity index (χ2n) is 3.23. The number of aromatic hydroxyl groups is 1. The molecule has 2 N–H and O–H groups in total. The lowest BCUT2D eigenvalue weighted by Crippen LogP contribution is -1.98.